The van der Waals surface area contributed by atoms with Gasteiger partial charge >= 0.3 is 0 Å². The number of nitrogens with two attached hydrogens (primary N) is 1. The van der Waals surface area contributed by atoms with Crippen molar-refractivity contribution in [1.82, 2.24) is 5.32 Å². The summed E-state index contributed by atoms with van der Waals surface area (Å²) in [5, 5.41) is 7.50. The number of hydrogen-bond donors (Lipinski definition) is 2. The molecule has 0 radical (unpaired) electrons. The van der Waals surface area contributed by atoms with Gasteiger partial charge in [-0.05, 0) is 49.2 Å². The number of carbonyl (C=O) groups is 1. The molecule has 5 nitrogen and oxygen atoms in total. The summed E-state index contributed by atoms with van der Waals surface area (Å²) >= 11 is 7.01. The third kappa shape index (κ3) is 5.98. The molecule has 3 N–H and O–H groups in total. The van der Waals surface area contributed by atoms with Crippen LogP contribution in [0.15, 0.2) is 52.3 Å². The molecule has 0 bridgehead atoms. The predicted octanol–water partition coefficient (Wildman–Crippen LogP) is 2.97. The largest absolute Gasteiger partial charge is 0.355 e. The zero-order chi connectivity index (χ0) is 19.3. The number of thioether (sulfide) groups is 1. The number of nitrogens with one attached hydrogen (secondary N) is 1. The molecular weight excluding hydrogens is 399 g/mol. The molecule has 0 saturated heterocycles. The summed E-state index contributed by atoms with van der Waals surface area (Å²) in [5.41, 5.74) is 0.878. The number of rotatable bonds is 7. The van der Waals surface area contributed by atoms with E-state index in [1.54, 1.807) is 25.1 Å². The quantitative estimate of drug-likeness (QED) is 0.679. The first-order valence-electron chi connectivity index (χ1n) is 7.68. The van der Waals surface area contributed by atoms with Crippen molar-refractivity contribution in [3.05, 3.63) is 58.9 Å². The Hall–Kier alpha value is -1.61. The highest BCUT2D eigenvalue weighted by Gasteiger charge is 2.15. The summed E-state index contributed by atoms with van der Waals surface area (Å²) in [4.78, 5) is 12.9. The Morgan fingerprint density at radius 1 is 1.27 bits per heavy atom. The van der Waals surface area contributed by atoms with E-state index in [9.17, 15) is 17.6 Å². The Kier molecular flexibility index (Phi) is 7.05. The number of amides is 1. The van der Waals surface area contributed by atoms with Crippen LogP contribution in [0.1, 0.15) is 12.5 Å². The van der Waals surface area contributed by atoms with Gasteiger partial charge in [-0.1, -0.05) is 23.7 Å². The van der Waals surface area contributed by atoms with E-state index in [1.807, 2.05) is 0 Å². The molecule has 140 valence electrons. The van der Waals surface area contributed by atoms with Gasteiger partial charge in [-0.25, -0.2) is 17.9 Å². The van der Waals surface area contributed by atoms with Crippen LogP contribution in [-0.2, 0) is 21.2 Å². The van der Waals surface area contributed by atoms with Gasteiger partial charge in [0.2, 0.25) is 15.9 Å². The molecule has 1 amide bonds. The van der Waals surface area contributed by atoms with E-state index in [-0.39, 0.29) is 21.1 Å². The molecule has 0 aromatic heterocycles. The number of benzene rings is 2. The Balaban J connectivity index is 1.83. The van der Waals surface area contributed by atoms with Gasteiger partial charge in [-0.2, -0.15) is 0 Å². The minimum atomic E-state index is -3.71. The molecule has 0 unspecified atom stereocenters. The molecular formula is C17H18ClFN2O3S2. The van der Waals surface area contributed by atoms with Crippen LogP contribution in [0.5, 0.6) is 0 Å². The van der Waals surface area contributed by atoms with E-state index in [0.29, 0.717) is 17.9 Å². The SMILES string of the molecule is C[C@@H](Sc1ccc(F)c(Cl)c1)C(=O)NCCc1ccc(S(N)(=O)=O)cc1. The molecule has 2 aromatic carbocycles. The number of halogens is 2. The topological polar surface area (TPSA) is 89.3 Å². The third-order valence-electron chi connectivity index (χ3n) is 3.54. The lowest BCUT2D eigenvalue weighted by Crippen LogP contribution is -2.32. The fourth-order valence-electron chi connectivity index (χ4n) is 2.13. The van der Waals surface area contributed by atoms with Gasteiger partial charge in [0.1, 0.15) is 5.82 Å². The molecule has 0 aliphatic carbocycles. The predicted molar refractivity (Wildman–Crippen MR) is 101 cm³/mol. The number of sulfonamides is 1. The molecule has 0 saturated carbocycles. The van der Waals surface area contributed by atoms with Gasteiger partial charge in [-0.3, -0.25) is 4.79 Å². The molecule has 0 spiro atoms. The maximum atomic E-state index is 13.2. The van der Waals surface area contributed by atoms with Crippen LogP contribution in [0, 0.1) is 5.82 Å². The van der Waals surface area contributed by atoms with Crippen molar-refractivity contribution in [2.45, 2.75) is 28.4 Å². The first-order chi connectivity index (χ1) is 12.2. The summed E-state index contributed by atoms with van der Waals surface area (Å²) in [6, 6.07) is 10.5. The first-order valence-corrected chi connectivity index (χ1v) is 10.5. The average molecular weight is 417 g/mol. The zero-order valence-corrected chi connectivity index (χ0v) is 16.3. The number of primary sulfonamides is 1. The lowest BCUT2D eigenvalue weighted by molar-refractivity contribution is -0.120. The average Bonchev–Trinajstić information content (AvgIpc) is 2.57. The second-order valence-electron chi connectivity index (χ2n) is 5.57. The van der Waals surface area contributed by atoms with Crippen molar-refractivity contribution < 1.29 is 17.6 Å². The summed E-state index contributed by atoms with van der Waals surface area (Å²) in [6.45, 7) is 2.15. The maximum absolute atomic E-state index is 13.2. The van der Waals surface area contributed by atoms with Gasteiger partial charge in [0.15, 0.2) is 0 Å². The number of hydrogen-bond acceptors (Lipinski definition) is 4. The van der Waals surface area contributed by atoms with E-state index < -0.39 is 15.8 Å². The molecule has 0 aliphatic rings. The summed E-state index contributed by atoms with van der Waals surface area (Å²) in [5.74, 6) is -0.654. The fourth-order valence-corrected chi connectivity index (χ4v) is 3.82. The lowest BCUT2D eigenvalue weighted by Gasteiger charge is -2.12. The number of carbonyl (C=O) groups excluding carboxylic acids is 1. The van der Waals surface area contributed by atoms with E-state index in [0.717, 1.165) is 5.56 Å². The molecule has 9 heteroatoms. The Morgan fingerprint density at radius 3 is 2.50 bits per heavy atom. The highest BCUT2D eigenvalue weighted by Crippen LogP contribution is 2.27. The summed E-state index contributed by atoms with van der Waals surface area (Å²) < 4.78 is 35.6. The second-order valence-corrected chi connectivity index (χ2v) is 8.95. The Labute approximate surface area is 161 Å². The van der Waals surface area contributed by atoms with Crippen LogP contribution in [0.4, 0.5) is 4.39 Å². The molecule has 1 atom stereocenters. The minimum Gasteiger partial charge on any atom is -0.355 e. The standard InChI is InChI=1S/C17H18ClFN2O3S2/c1-11(25-13-4-7-16(19)15(18)10-13)17(22)21-9-8-12-2-5-14(6-3-12)26(20,23)24/h2-7,10-11H,8-9H2,1H3,(H,21,22)(H2,20,23,24)/t11-/m1/s1. The third-order valence-corrected chi connectivity index (χ3v) is 5.85. The molecule has 0 aliphatic heterocycles. The van der Waals surface area contributed by atoms with Crippen LogP contribution in [0.25, 0.3) is 0 Å². The van der Waals surface area contributed by atoms with E-state index in [1.165, 1.54) is 36.0 Å². The Morgan fingerprint density at radius 2 is 1.92 bits per heavy atom. The molecule has 0 fully saturated rings. The molecule has 0 heterocycles. The highest BCUT2D eigenvalue weighted by molar-refractivity contribution is 8.00. The van der Waals surface area contributed by atoms with E-state index >= 15 is 0 Å². The van der Waals surface area contributed by atoms with Crippen molar-refractivity contribution in [1.29, 1.82) is 0 Å². The summed E-state index contributed by atoms with van der Waals surface area (Å²) in [7, 11) is -3.71. The molecule has 2 rings (SSSR count). The first kappa shape index (κ1) is 20.7. The maximum Gasteiger partial charge on any atom is 0.238 e. The van der Waals surface area contributed by atoms with Crippen LogP contribution in [-0.4, -0.2) is 26.1 Å². The second kappa shape index (κ2) is 8.85. The molecule has 2 aromatic rings. The van der Waals surface area contributed by atoms with Crippen molar-refractivity contribution in [2.24, 2.45) is 5.14 Å². The van der Waals surface area contributed by atoms with Gasteiger partial charge in [0.25, 0.3) is 0 Å². The van der Waals surface area contributed by atoms with Gasteiger partial charge in [0.05, 0.1) is 15.2 Å². The van der Waals surface area contributed by atoms with Crippen molar-refractivity contribution in [2.75, 3.05) is 6.54 Å². The normalized spacial score (nSPS) is 12.6. The van der Waals surface area contributed by atoms with Crippen LogP contribution < -0.4 is 10.5 Å². The monoisotopic (exact) mass is 416 g/mol. The molecule has 26 heavy (non-hydrogen) atoms. The van der Waals surface area contributed by atoms with Crippen molar-refractivity contribution in [3.8, 4) is 0 Å². The van der Waals surface area contributed by atoms with Gasteiger partial charge < -0.3 is 5.32 Å². The van der Waals surface area contributed by atoms with Crippen LogP contribution >= 0.6 is 23.4 Å². The Bertz CT molecular complexity index is 889. The van der Waals surface area contributed by atoms with Crippen LogP contribution in [0.3, 0.4) is 0 Å². The van der Waals surface area contributed by atoms with Crippen molar-refractivity contribution in [3.63, 3.8) is 0 Å². The van der Waals surface area contributed by atoms with E-state index in [4.69, 9.17) is 16.7 Å². The smallest absolute Gasteiger partial charge is 0.238 e. The van der Waals surface area contributed by atoms with Gasteiger partial charge in [0, 0.05) is 11.4 Å². The highest BCUT2D eigenvalue weighted by atomic mass is 35.5. The zero-order valence-electron chi connectivity index (χ0n) is 13.9. The summed E-state index contributed by atoms with van der Waals surface area (Å²) in [6.07, 6.45) is 0.552. The van der Waals surface area contributed by atoms with Crippen molar-refractivity contribution >= 4 is 39.3 Å². The lowest BCUT2D eigenvalue weighted by atomic mass is 10.1. The van der Waals surface area contributed by atoms with Crippen LogP contribution in [0.2, 0.25) is 5.02 Å². The van der Waals surface area contributed by atoms with E-state index in [2.05, 4.69) is 5.32 Å². The minimum absolute atomic E-state index is 0.0190. The fraction of sp³-hybridized carbons (Fsp3) is 0.235. The van der Waals surface area contributed by atoms with Gasteiger partial charge in [-0.15, -0.1) is 11.8 Å².